The molecule has 1 aliphatic heterocycles. The molecule has 0 amide bonds. The van der Waals surface area contributed by atoms with Crippen molar-refractivity contribution in [2.75, 3.05) is 6.61 Å². The number of allylic oxidation sites excluding steroid dienone is 1. The second-order valence-electron chi connectivity index (χ2n) is 9.57. The summed E-state index contributed by atoms with van der Waals surface area (Å²) in [4.78, 5) is 0. The zero-order valence-electron chi connectivity index (χ0n) is 16.3. The molecule has 130 valence electrons. The zero-order chi connectivity index (χ0) is 17.4. The van der Waals surface area contributed by atoms with Gasteiger partial charge < -0.3 is 10.2 Å². The molecule has 0 aromatic rings. The van der Waals surface area contributed by atoms with Crippen LogP contribution in [0.15, 0.2) is 11.9 Å². The fourth-order valence-corrected chi connectivity index (χ4v) is 1.91. The smallest absolute Gasteiger partial charge is 0.0674 e. The van der Waals surface area contributed by atoms with Crippen LogP contribution in [0.4, 0.5) is 0 Å². The normalized spacial score (nSPS) is 17.5. The summed E-state index contributed by atoms with van der Waals surface area (Å²) in [5.41, 5.74) is 7.84. The minimum absolute atomic E-state index is 0.0199. The highest BCUT2D eigenvalue weighted by atomic mass is 16.5. The van der Waals surface area contributed by atoms with E-state index in [4.69, 9.17) is 4.74 Å². The number of ether oxygens (including phenoxy) is 1. The van der Waals surface area contributed by atoms with E-state index >= 15 is 0 Å². The Balaban J connectivity index is 2.61. The number of nitrogens with one attached hydrogen (secondary N) is 2. The molecule has 0 saturated heterocycles. The average molecular weight is 312 g/mol. The highest BCUT2D eigenvalue weighted by Crippen LogP contribution is 2.34. The first-order valence-electron chi connectivity index (χ1n) is 8.34. The van der Waals surface area contributed by atoms with E-state index in [1.54, 1.807) is 0 Å². The van der Waals surface area contributed by atoms with E-state index in [1.807, 2.05) is 0 Å². The van der Waals surface area contributed by atoms with Crippen LogP contribution in [0.1, 0.15) is 75.7 Å². The highest BCUT2D eigenvalue weighted by Gasteiger charge is 2.35. The van der Waals surface area contributed by atoms with E-state index in [9.17, 15) is 0 Å². The first kappa shape index (κ1) is 19.3. The molecular weight excluding hydrogens is 274 g/mol. The summed E-state index contributed by atoms with van der Waals surface area (Å²) in [7, 11) is 0. The van der Waals surface area contributed by atoms with Crippen LogP contribution in [0.25, 0.3) is 0 Å². The lowest BCUT2D eigenvalue weighted by atomic mass is 9.79. The van der Waals surface area contributed by atoms with E-state index < -0.39 is 0 Å². The molecular formula is C18H37N3O. The highest BCUT2D eigenvalue weighted by molar-refractivity contribution is 5.12. The van der Waals surface area contributed by atoms with Crippen LogP contribution in [0.5, 0.6) is 0 Å². The van der Waals surface area contributed by atoms with Gasteiger partial charge in [0.2, 0.25) is 0 Å². The van der Waals surface area contributed by atoms with E-state index in [1.165, 1.54) is 5.70 Å². The van der Waals surface area contributed by atoms with Crippen molar-refractivity contribution in [3.8, 4) is 0 Å². The lowest BCUT2D eigenvalue weighted by molar-refractivity contribution is -0.0991. The Morgan fingerprint density at radius 2 is 1.50 bits per heavy atom. The minimum atomic E-state index is -0.133. The molecule has 4 nitrogen and oxygen atoms in total. The number of nitrogens with zero attached hydrogens (tertiary/aromatic N) is 1. The van der Waals surface area contributed by atoms with Gasteiger partial charge in [-0.1, -0.05) is 41.5 Å². The maximum Gasteiger partial charge on any atom is 0.0674 e. The van der Waals surface area contributed by atoms with E-state index in [0.717, 1.165) is 13.0 Å². The Labute approximate surface area is 137 Å². The number of hydrazine groups is 2. The Kier molecular flexibility index (Phi) is 5.30. The van der Waals surface area contributed by atoms with Gasteiger partial charge in [-0.25, -0.2) is 0 Å². The van der Waals surface area contributed by atoms with E-state index in [0.29, 0.717) is 0 Å². The van der Waals surface area contributed by atoms with Gasteiger partial charge in [-0.3, -0.25) is 5.01 Å². The standard InChI is InChI=1S/C18H37N3O/c1-15(2,3)14-13-21(20-19-14)17(7,8)11-12-22-18(9,10)16(4,5)6/h13,19-20H,11-12H2,1-10H3. The average Bonchev–Trinajstić information content (AvgIpc) is 2.75. The third kappa shape index (κ3) is 4.63. The van der Waals surface area contributed by atoms with Crippen molar-refractivity contribution in [2.45, 2.75) is 86.8 Å². The SMILES string of the molecule is CC(C)(C)C1=CN(C(C)(C)CCOC(C)(C)C(C)(C)C)NN1. The molecule has 2 N–H and O–H groups in total. The molecule has 1 rings (SSSR count). The van der Waals surface area contributed by atoms with E-state index in [-0.39, 0.29) is 22.0 Å². The van der Waals surface area contributed by atoms with Gasteiger partial charge in [0.25, 0.3) is 0 Å². The summed E-state index contributed by atoms with van der Waals surface area (Å²) >= 11 is 0. The van der Waals surface area contributed by atoms with Crippen LogP contribution >= 0.6 is 0 Å². The Morgan fingerprint density at radius 3 is 1.91 bits per heavy atom. The molecule has 22 heavy (non-hydrogen) atoms. The maximum atomic E-state index is 6.19. The number of hydrogen-bond acceptors (Lipinski definition) is 4. The van der Waals surface area contributed by atoms with Gasteiger partial charge in [0, 0.05) is 18.2 Å². The number of hydrogen-bond donors (Lipinski definition) is 2. The summed E-state index contributed by atoms with van der Waals surface area (Å²) in [6.07, 6.45) is 3.13. The van der Waals surface area contributed by atoms with Gasteiger partial charge in [0.05, 0.1) is 16.8 Å². The molecule has 0 unspecified atom stereocenters. The molecule has 0 atom stereocenters. The van der Waals surface area contributed by atoms with Crippen molar-refractivity contribution in [1.29, 1.82) is 0 Å². The van der Waals surface area contributed by atoms with Crippen molar-refractivity contribution < 1.29 is 4.74 Å². The molecule has 0 bridgehead atoms. The Hall–Kier alpha value is -0.740. The summed E-state index contributed by atoms with van der Waals surface area (Å²) in [5, 5.41) is 2.15. The number of rotatable bonds is 5. The van der Waals surface area contributed by atoms with Gasteiger partial charge in [0.1, 0.15) is 0 Å². The van der Waals surface area contributed by atoms with E-state index in [2.05, 4.69) is 91.4 Å². The summed E-state index contributed by atoms with van der Waals surface area (Å²) in [5.74, 6) is 0. The third-order valence-electron chi connectivity index (χ3n) is 5.01. The second-order valence-corrected chi connectivity index (χ2v) is 9.57. The third-order valence-corrected chi connectivity index (χ3v) is 5.01. The fraction of sp³-hybridized carbons (Fsp3) is 0.889. The first-order chi connectivity index (χ1) is 9.67. The molecule has 0 radical (unpaired) electrons. The van der Waals surface area contributed by atoms with Crippen molar-refractivity contribution in [3.63, 3.8) is 0 Å². The fourth-order valence-electron chi connectivity index (χ4n) is 1.91. The van der Waals surface area contributed by atoms with Crippen molar-refractivity contribution in [1.82, 2.24) is 16.0 Å². The summed E-state index contributed by atoms with van der Waals surface area (Å²) < 4.78 is 6.19. The lowest BCUT2D eigenvalue weighted by Gasteiger charge is -2.40. The van der Waals surface area contributed by atoms with Gasteiger partial charge in [-0.15, -0.1) is 5.53 Å². The first-order valence-corrected chi connectivity index (χ1v) is 8.34. The van der Waals surface area contributed by atoms with Crippen molar-refractivity contribution in [3.05, 3.63) is 11.9 Å². The summed E-state index contributed by atoms with van der Waals surface area (Å²) in [6.45, 7) is 22.9. The predicted octanol–water partition coefficient (Wildman–Crippen LogP) is 4.21. The molecule has 0 fully saturated rings. The molecule has 0 spiro atoms. The quantitative estimate of drug-likeness (QED) is 0.797. The van der Waals surface area contributed by atoms with Crippen LogP contribution < -0.4 is 11.0 Å². The monoisotopic (exact) mass is 311 g/mol. The molecule has 0 aromatic carbocycles. The topological polar surface area (TPSA) is 36.5 Å². The zero-order valence-corrected chi connectivity index (χ0v) is 16.3. The van der Waals surface area contributed by atoms with Crippen molar-refractivity contribution in [2.24, 2.45) is 10.8 Å². The molecule has 1 heterocycles. The lowest BCUT2D eigenvalue weighted by Crippen LogP contribution is -2.50. The van der Waals surface area contributed by atoms with Crippen LogP contribution in [-0.2, 0) is 4.74 Å². The largest absolute Gasteiger partial charge is 0.375 e. The molecule has 0 aliphatic carbocycles. The van der Waals surface area contributed by atoms with Crippen LogP contribution in [-0.4, -0.2) is 22.8 Å². The molecule has 0 aromatic heterocycles. The second kappa shape index (κ2) is 6.04. The minimum Gasteiger partial charge on any atom is -0.375 e. The van der Waals surface area contributed by atoms with Crippen molar-refractivity contribution >= 4 is 0 Å². The van der Waals surface area contributed by atoms with Crippen LogP contribution in [0.2, 0.25) is 0 Å². The van der Waals surface area contributed by atoms with Gasteiger partial charge in [0.15, 0.2) is 0 Å². The molecule has 4 heteroatoms. The summed E-state index contributed by atoms with van der Waals surface area (Å²) in [6, 6.07) is 0. The van der Waals surface area contributed by atoms with Gasteiger partial charge >= 0.3 is 0 Å². The molecule has 0 saturated carbocycles. The van der Waals surface area contributed by atoms with Gasteiger partial charge in [-0.05, 0) is 39.5 Å². The molecule has 1 aliphatic rings. The van der Waals surface area contributed by atoms with Crippen LogP contribution in [0, 0.1) is 10.8 Å². The van der Waals surface area contributed by atoms with Crippen LogP contribution in [0.3, 0.4) is 0 Å². The van der Waals surface area contributed by atoms with Gasteiger partial charge in [-0.2, -0.15) is 0 Å². The Bertz CT molecular complexity index is 411. The predicted molar refractivity (Wildman–Crippen MR) is 93.8 cm³/mol. The maximum absolute atomic E-state index is 6.19. The Morgan fingerprint density at radius 1 is 0.955 bits per heavy atom.